The standard InChI is InChI=1S/C16H25N3O2/c1-3-18-16(20)14-7-6-13(17)10-15(14)19(2)8-9-21-11-12-4-5-12/h6-7,10,12H,3-5,8-9,11,17H2,1-2H3,(H,18,20). The number of hydrogen-bond donors (Lipinski definition) is 2. The number of nitrogens with two attached hydrogens (primary N) is 1. The van der Waals surface area contributed by atoms with Crippen molar-refractivity contribution in [3.8, 4) is 0 Å². The lowest BCUT2D eigenvalue weighted by atomic mass is 10.1. The fraction of sp³-hybridized carbons (Fsp3) is 0.562. The number of nitrogen functional groups attached to an aromatic ring is 1. The maximum absolute atomic E-state index is 12.1. The van der Waals surface area contributed by atoms with Crippen LogP contribution in [0.25, 0.3) is 0 Å². The van der Waals surface area contributed by atoms with Gasteiger partial charge in [0.15, 0.2) is 0 Å². The highest BCUT2D eigenvalue weighted by Gasteiger charge is 2.21. The fourth-order valence-electron chi connectivity index (χ4n) is 2.17. The molecule has 0 heterocycles. The predicted octanol–water partition coefficient (Wildman–Crippen LogP) is 1.88. The van der Waals surface area contributed by atoms with E-state index in [9.17, 15) is 4.79 Å². The van der Waals surface area contributed by atoms with Crippen molar-refractivity contribution in [2.75, 3.05) is 44.0 Å². The van der Waals surface area contributed by atoms with E-state index in [2.05, 4.69) is 5.32 Å². The first-order valence-electron chi connectivity index (χ1n) is 7.58. The number of amides is 1. The summed E-state index contributed by atoms with van der Waals surface area (Å²) in [5.41, 5.74) is 8.00. The van der Waals surface area contributed by atoms with E-state index < -0.39 is 0 Å². The minimum Gasteiger partial charge on any atom is -0.399 e. The van der Waals surface area contributed by atoms with Crippen LogP contribution in [0.1, 0.15) is 30.1 Å². The largest absolute Gasteiger partial charge is 0.399 e. The Morgan fingerprint density at radius 2 is 2.24 bits per heavy atom. The molecule has 2 rings (SSSR count). The van der Waals surface area contributed by atoms with E-state index >= 15 is 0 Å². The number of benzene rings is 1. The highest BCUT2D eigenvalue weighted by atomic mass is 16.5. The molecule has 1 aliphatic carbocycles. The third kappa shape index (κ3) is 4.63. The van der Waals surface area contributed by atoms with Crippen LogP contribution in [0.5, 0.6) is 0 Å². The number of anilines is 2. The molecule has 1 amide bonds. The van der Waals surface area contributed by atoms with Gasteiger partial charge in [-0.15, -0.1) is 0 Å². The summed E-state index contributed by atoms with van der Waals surface area (Å²) < 4.78 is 5.65. The van der Waals surface area contributed by atoms with Crippen LogP contribution in [0.2, 0.25) is 0 Å². The SMILES string of the molecule is CCNC(=O)c1ccc(N)cc1N(C)CCOCC1CC1. The van der Waals surface area contributed by atoms with Crippen molar-refractivity contribution in [2.24, 2.45) is 5.92 Å². The molecule has 0 radical (unpaired) electrons. The molecule has 0 saturated heterocycles. The first-order chi connectivity index (χ1) is 10.1. The Labute approximate surface area is 126 Å². The minimum atomic E-state index is -0.0711. The van der Waals surface area contributed by atoms with Crippen molar-refractivity contribution in [3.05, 3.63) is 23.8 Å². The summed E-state index contributed by atoms with van der Waals surface area (Å²) in [5, 5.41) is 2.83. The second-order valence-corrected chi connectivity index (χ2v) is 5.58. The minimum absolute atomic E-state index is 0.0711. The number of carbonyl (C=O) groups is 1. The molecule has 21 heavy (non-hydrogen) atoms. The van der Waals surface area contributed by atoms with Gasteiger partial charge in [0.05, 0.1) is 17.9 Å². The third-order valence-electron chi connectivity index (χ3n) is 3.64. The molecule has 1 aliphatic rings. The molecule has 0 aromatic heterocycles. The van der Waals surface area contributed by atoms with Gasteiger partial charge in [-0.1, -0.05) is 0 Å². The number of rotatable bonds is 8. The van der Waals surface area contributed by atoms with Crippen LogP contribution < -0.4 is 16.0 Å². The average Bonchev–Trinajstić information content (AvgIpc) is 3.27. The van der Waals surface area contributed by atoms with E-state index in [0.29, 0.717) is 24.4 Å². The molecule has 0 spiro atoms. The van der Waals surface area contributed by atoms with Gasteiger partial charge in [0.1, 0.15) is 0 Å². The third-order valence-corrected chi connectivity index (χ3v) is 3.64. The maximum atomic E-state index is 12.1. The zero-order valence-corrected chi connectivity index (χ0v) is 12.9. The molecule has 0 bridgehead atoms. The Hall–Kier alpha value is -1.75. The average molecular weight is 291 g/mol. The molecule has 1 fully saturated rings. The highest BCUT2D eigenvalue weighted by Crippen LogP contribution is 2.28. The predicted molar refractivity (Wildman–Crippen MR) is 85.7 cm³/mol. The normalized spacial score (nSPS) is 14.0. The summed E-state index contributed by atoms with van der Waals surface area (Å²) in [4.78, 5) is 14.1. The van der Waals surface area contributed by atoms with Crippen molar-refractivity contribution < 1.29 is 9.53 Å². The molecule has 1 saturated carbocycles. The van der Waals surface area contributed by atoms with E-state index in [1.807, 2.05) is 24.9 Å². The molecule has 5 heteroatoms. The summed E-state index contributed by atoms with van der Waals surface area (Å²) in [6.07, 6.45) is 2.60. The molecule has 0 atom stereocenters. The van der Waals surface area contributed by atoms with Crippen molar-refractivity contribution >= 4 is 17.3 Å². The van der Waals surface area contributed by atoms with Gasteiger partial charge < -0.3 is 20.7 Å². The summed E-state index contributed by atoms with van der Waals surface area (Å²) in [6.45, 7) is 4.77. The molecular formula is C16H25N3O2. The van der Waals surface area contributed by atoms with Gasteiger partial charge in [0, 0.05) is 32.4 Å². The van der Waals surface area contributed by atoms with Crippen LogP contribution in [0.3, 0.4) is 0 Å². The molecule has 1 aromatic carbocycles. The summed E-state index contributed by atoms with van der Waals surface area (Å²) in [6, 6.07) is 5.37. The lowest BCUT2D eigenvalue weighted by Crippen LogP contribution is -2.28. The van der Waals surface area contributed by atoms with Crippen molar-refractivity contribution in [1.29, 1.82) is 0 Å². The molecule has 0 unspecified atom stereocenters. The monoisotopic (exact) mass is 291 g/mol. The Morgan fingerprint density at radius 1 is 1.48 bits per heavy atom. The lowest BCUT2D eigenvalue weighted by molar-refractivity contribution is 0.0956. The number of hydrogen-bond acceptors (Lipinski definition) is 4. The van der Waals surface area contributed by atoms with Crippen LogP contribution in [0.15, 0.2) is 18.2 Å². The van der Waals surface area contributed by atoms with E-state index in [-0.39, 0.29) is 5.91 Å². The first-order valence-corrected chi connectivity index (χ1v) is 7.58. The Bertz CT molecular complexity index is 486. The lowest BCUT2D eigenvalue weighted by Gasteiger charge is -2.22. The highest BCUT2D eigenvalue weighted by molar-refractivity contribution is 6.00. The molecule has 0 aliphatic heterocycles. The van der Waals surface area contributed by atoms with Crippen molar-refractivity contribution in [2.45, 2.75) is 19.8 Å². The van der Waals surface area contributed by atoms with Gasteiger partial charge in [-0.3, -0.25) is 4.79 Å². The Kier molecular flexibility index (Phi) is 5.44. The van der Waals surface area contributed by atoms with Crippen LogP contribution >= 0.6 is 0 Å². The number of likely N-dealkylation sites (N-methyl/N-ethyl adjacent to an activating group) is 1. The van der Waals surface area contributed by atoms with Gasteiger partial charge in [0.2, 0.25) is 0 Å². The van der Waals surface area contributed by atoms with Crippen LogP contribution in [0, 0.1) is 5.92 Å². The topological polar surface area (TPSA) is 67.6 Å². The first kappa shape index (κ1) is 15.6. The summed E-state index contributed by atoms with van der Waals surface area (Å²) in [7, 11) is 1.96. The van der Waals surface area contributed by atoms with Crippen molar-refractivity contribution in [1.82, 2.24) is 5.32 Å². The van der Waals surface area contributed by atoms with Crippen LogP contribution in [0.4, 0.5) is 11.4 Å². The van der Waals surface area contributed by atoms with Crippen molar-refractivity contribution in [3.63, 3.8) is 0 Å². The fourth-order valence-corrected chi connectivity index (χ4v) is 2.17. The van der Waals surface area contributed by atoms with Gasteiger partial charge in [-0.25, -0.2) is 0 Å². The Morgan fingerprint density at radius 3 is 2.90 bits per heavy atom. The smallest absolute Gasteiger partial charge is 0.253 e. The van der Waals surface area contributed by atoms with Crippen LogP contribution in [-0.2, 0) is 4.74 Å². The number of ether oxygens (including phenoxy) is 1. The van der Waals surface area contributed by atoms with Gasteiger partial charge in [-0.05, 0) is 43.9 Å². The van der Waals surface area contributed by atoms with E-state index in [1.165, 1.54) is 12.8 Å². The molecule has 116 valence electrons. The quantitative estimate of drug-likeness (QED) is 0.567. The molecular weight excluding hydrogens is 266 g/mol. The second kappa shape index (κ2) is 7.31. The van der Waals surface area contributed by atoms with E-state index in [4.69, 9.17) is 10.5 Å². The number of nitrogens with one attached hydrogen (secondary N) is 1. The van der Waals surface area contributed by atoms with Gasteiger partial charge >= 0.3 is 0 Å². The van der Waals surface area contributed by atoms with E-state index in [1.54, 1.807) is 12.1 Å². The molecule has 3 N–H and O–H groups in total. The van der Waals surface area contributed by atoms with E-state index in [0.717, 1.165) is 24.8 Å². The zero-order chi connectivity index (χ0) is 15.2. The maximum Gasteiger partial charge on any atom is 0.253 e. The summed E-state index contributed by atoms with van der Waals surface area (Å²) >= 11 is 0. The van der Waals surface area contributed by atoms with Gasteiger partial charge in [0.25, 0.3) is 5.91 Å². The zero-order valence-electron chi connectivity index (χ0n) is 12.9. The number of carbonyl (C=O) groups excluding carboxylic acids is 1. The molecule has 1 aromatic rings. The Balaban J connectivity index is 1.97. The number of nitrogens with zero attached hydrogens (tertiary/aromatic N) is 1. The second-order valence-electron chi connectivity index (χ2n) is 5.58. The summed E-state index contributed by atoms with van der Waals surface area (Å²) in [5.74, 6) is 0.701. The molecule has 5 nitrogen and oxygen atoms in total. The van der Waals surface area contributed by atoms with Gasteiger partial charge in [-0.2, -0.15) is 0 Å². The van der Waals surface area contributed by atoms with Crippen LogP contribution in [-0.4, -0.2) is 39.3 Å².